The second-order valence-corrected chi connectivity index (χ2v) is 4.43. The maximum atomic E-state index is 13.0. The number of ether oxygens (including phenoxy) is 1. The van der Waals surface area contributed by atoms with Crippen LogP contribution in [0.5, 0.6) is 0 Å². The molecule has 0 radical (unpaired) electrons. The van der Waals surface area contributed by atoms with Crippen LogP contribution in [0.4, 0.5) is 10.2 Å². The highest BCUT2D eigenvalue weighted by atomic mass is 19.1. The van der Waals surface area contributed by atoms with Crippen LogP contribution in [0.25, 0.3) is 11.2 Å². The second-order valence-electron chi connectivity index (χ2n) is 4.43. The lowest BCUT2D eigenvalue weighted by Gasteiger charge is -2.17. The quantitative estimate of drug-likeness (QED) is 0.472. The molecule has 5 N–H and O–H groups in total. The van der Waals surface area contributed by atoms with Crippen LogP contribution in [-0.4, -0.2) is 59.8 Å². The van der Waals surface area contributed by atoms with E-state index in [2.05, 4.69) is 15.0 Å². The molecule has 1 aliphatic rings. The summed E-state index contributed by atoms with van der Waals surface area (Å²) in [5.74, 6) is -0.164. The molecule has 2 aromatic rings. The van der Waals surface area contributed by atoms with Crippen LogP contribution in [0.15, 0.2) is 6.33 Å². The number of aliphatic hydroxyl groups excluding tert-OH is 3. The standard InChI is InChI=1S/C10H12FN5O4/c11-10-14-7(12)4-8(15-10)13-2-16(4)9-6(19)5(18)3(1-17)20-9/h2-3,5-6,9,17-19H,1H2,(H2,12,14,15)/t3-,5-,6+,9-/m1/s1. The summed E-state index contributed by atoms with van der Waals surface area (Å²) in [4.78, 5) is 10.7. The van der Waals surface area contributed by atoms with Crippen LogP contribution < -0.4 is 5.73 Å². The van der Waals surface area contributed by atoms with E-state index in [1.54, 1.807) is 0 Å². The van der Waals surface area contributed by atoms with E-state index in [9.17, 15) is 14.6 Å². The molecule has 0 unspecified atom stereocenters. The van der Waals surface area contributed by atoms with Gasteiger partial charge in [-0.25, -0.2) is 4.98 Å². The first-order valence-corrected chi connectivity index (χ1v) is 5.81. The highest BCUT2D eigenvalue weighted by molar-refractivity contribution is 5.81. The van der Waals surface area contributed by atoms with Crippen molar-refractivity contribution in [2.24, 2.45) is 0 Å². The molecule has 108 valence electrons. The minimum absolute atomic E-state index is 0.00717. The van der Waals surface area contributed by atoms with E-state index in [0.717, 1.165) is 0 Å². The van der Waals surface area contributed by atoms with Gasteiger partial charge in [-0.3, -0.25) is 4.57 Å². The molecule has 20 heavy (non-hydrogen) atoms. The molecule has 0 aromatic carbocycles. The number of nitrogen functional groups attached to an aromatic ring is 1. The molecule has 10 heteroatoms. The maximum absolute atomic E-state index is 13.0. The Morgan fingerprint density at radius 1 is 1.35 bits per heavy atom. The first-order chi connectivity index (χ1) is 9.52. The Balaban J connectivity index is 2.07. The third-order valence-electron chi connectivity index (χ3n) is 3.22. The lowest BCUT2D eigenvalue weighted by Crippen LogP contribution is -2.33. The van der Waals surface area contributed by atoms with E-state index >= 15 is 0 Å². The zero-order valence-corrected chi connectivity index (χ0v) is 10.1. The molecule has 1 aliphatic heterocycles. The number of hydrogen-bond acceptors (Lipinski definition) is 8. The molecule has 9 nitrogen and oxygen atoms in total. The van der Waals surface area contributed by atoms with E-state index in [-0.39, 0.29) is 17.0 Å². The van der Waals surface area contributed by atoms with E-state index in [4.69, 9.17) is 15.6 Å². The SMILES string of the molecule is Nc1nc(F)nc2ncn([C@@H]3O[C@H](CO)[C@@H](O)[C@@H]3O)c12. The lowest BCUT2D eigenvalue weighted by molar-refractivity contribution is -0.0508. The monoisotopic (exact) mass is 285 g/mol. The van der Waals surface area contributed by atoms with Gasteiger partial charge in [-0.2, -0.15) is 14.4 Å². The van der Waals surface area contributed by atoms with E-state index < -0.39 is 37.2 Å². The summed E-state index contributed by atoms with van der Waals surface area (Å²) in [5.41, 5.74) is 5.81. The minimum atomic E-state index is -1.30. The smallest absolute Gasteiger partial charge is 0.312 e. The average molecular weight is 285 g/mol. The first kappa shape index (κ1) is 13.1. The summed E-state index contributed by atoms with van der Waals surface area (Å²) in [6.07, 6.45) is -4.28. The Hall–Kier alpha value is -1.88. The molecular weight excluding hydrogens is 273 g/mol. The number of imidazole rings is 1. The fourth-order valence-electron chi connectivity index (χ4n) is 2.25. The van der Waals surface area contributed by atoms with Gasteiger partial charge in [0.1, 0.15) is 30.2 Å². The van der Waals surface area contributed by atoms with E-state index in [0.29, 0.717) is 0 Å². The molecule has 0 bridgehead atoms. The number of nitrogens with two attached hydrogens (primary N) is 1. The van der Waals surface area contributed by atoms with Crippen LogP contribution >= 0.6 is 0 Å². The number of nitrogens with zero attached hydrogens (tertiary/aromatic N) is 4. The molecule has 4 atom stereocenters. The molecule has 0 aliphatic carbocycles. The zero-order chi connectivity index (χ0) is 14.4. The lowest BCUT2D eigenvalue weighted by atomic mass is 10.1. The van der Waals surface area contributed by atoms with Crippen molar-refractivity contribution < 1.29 is 24.4 Å². The van der Waals surface area contributed by atoms with Crippen molar-refractivity contribution in [3.63, 3.8) is 0 Å². The predicted octanol–water partition coefficient (Wildman–Crippen LogP) is -1.84. The van der Waals surface area contributed by atoms with Gasteiger partial charge in [-0.05, 0) is 0 Å². The van der Waals surface area contributed by atoms with Gasteiger partial charge in [-0.15, -0.1) is 0 Å². The number of hydrogen-bond donors (Lipinski definition) is 4. The molecule has 0 spiro atoms. The van der Waals surface area contributed by atoms with Crippen molar-refractivity contribution in [3.05, 3.63) is 12.4 Å². The van der Waals surface area contributed by atoms with Crippen LogP contribution in [0, 0.1) is 6.08 Å². The van der Waals surface area contributed by atoms with Crippen molar-refractivity contribution in [3.8, 4) is 0 Å². The van der Waals surface area contributed by atoms with Gasteiger partial charge >= 0.3 is 6.08 Å². The summed E-state index contributed by atoms with van der Waals surface area (Å²) in [7, 11) is 0. The fourth-order valence-corrected chi connectivity index (χ4v) is 2.25. The van der Waals surface area contributed by atoms with Gasteiger partial charge in [0.2, 0.25) is 0 Å². The van der Waals surface area contributed by atoms with Crippen molar-refractivity contribution in [2.75, 3.05) is 12.3 Å². The zero-order valence-electron chi connectivity index (χ0n) is 10.1. The molecule has 3 heterocycles. The van der Waals surface area contributed by atoms with Crippen molar-refractivity contribution in [2.45, 2.75) is 24.5 Å². The maximum Gasteiger partial charge on any atom is 0.312 e. The van der Waals surface area contributed by atoms with Crippen LogP contribution in [0.1, 0.15) is 6.23 Å². The summed E-state index contributed by atoms with van der Waals surface area (Å²) in [6.45, 7) is -0.456. The number of aromatic nitrogens is 4. The predicted molar refractivity (Wildman–Crippen MR) is 62.7 cm³/mol. The minimum Gasteiger partial charge on any atom is -0.394 e. The van der Waals surface area contributed by atoms with Crippen molar-refractivity contribution in [1.82, 2.24) is 19.5 Å². The molecule has 2 aromatic heterocycles. The largest absolute Gasteiger partial charge is 0.394 e. The van der Waals surface area contributed by atoms with Crippen molar-refractivity contribution in [1.29, 1.82) is 0 Å². The Labute approximate surface area is 111 Å². The number of halogens is 1. The molecule has 0 amide bonds. The molecule has 0 saturated carbocycles. The number of anilines is 1. The van der Waals surface area contributed by atoms with Crippen LogP contribution in [-0.2, 0) is 4.74 Å². The highest BCUT2D eigenvalue weighted by Gasteiger charge is 2.44. The second kappa shape index (κ2) is 4.59. The fraction of sp³-hybridized carbons (Fsp3) is 0.500. The third kappa shape index (κ3) is 1.81. The highest BCUT2D eigenvalue weighted by Crippen LogP contribution is 2.32. The topological polar surface area (TPSA) is 140 Å². The first-order valence-electron chi connectivity index (χ1n) is 5.81. The Morgan fingerprint density at radius 3 is 2.75 bits per heavy atom. The van der Waals surface area contributed by atoms with Crippen molar-refractivity contribution >= 4 is 17.0 Å². The summed E-state index contributed by atoms with van der Waals surface area (Å²) in [5, 5.41) is 28.7. The Bertz CT molecular complexity index is 650. The summed E-state index contributed by atoms with van der Waals surface area (Å²) in [6, 6.07) is 0. The van der Waals surface area contributed by atoms with E-state index in [1.807, 2.05) is 0 Å². The van der Waals surface area contributed by atoms with Crippen LogP contribution in [0.2, 0.25) is 0 Å². The molecule has 3 rings (SSSR count). The van der Waals surface area contributed by atoms with Gasteiger partial charge in [-0.1, -0.05) is 0 Å². The summed E-state index contributed by atoms with van der Waals surface area (Å²) < 4.78 is 19.7. The van der Waals surface area contributed by atoms with Crippen LogP contribution in [0.3, 0.4) is 0 Å². The molecule has 1 fully saturated rings. The third-order valence-corrected chi connectivity index (χ3v) is 3.22. The Kier molecular flexibility index (Phi) is 3.01. The number of aliphatic hydroxyl groups is 3. The van der Waals surface area contributed by atoms with Gasteiger partial charge in [0.15, 0.2) is 17.7 Å². The average Bonchev–Trinajstić information content (AvgIpc) is 2.93. The van der Waals surface area contributed by atoms with Gasteiger partial charge in [0.25, 0.3) is 0 Å². The van der Waals surface area contributed by atoms with Gasteiger partial charge in [0.05, 0.1) is 6.61 Å². The Morgan fingerprint density at radius 2 is 2.10 bits per heavy atom. The normalized spacial score (nSPS) is 30.2. The summed E-state index contributed by atoms with van der Waals surface area (Å²) >= 11 is 0. The van der Waals surface area contributed by atoms with E-state index in [1.165, 1.54) is 10.9 Å². The number of rotatable bonds is 2. The van der Waals surface area contributed by atoms with Gasteiger partial charge in [0, 0.05) is 0 Å². The van der Waals surface area contributed by atoms with Gasteiger partial charge < -0.3 is 25.8 Å². The molecular formula is C10H12FN5O4. The number of fused-ring (bicyclic) bond motifs is 1. The molecule has 1 saturated heterocycles.